The molecule has 0 bridgehead atoms. The molecule has 0 aromatic heterocycles. The summed E-state index contributed by atoms with van der Waals surface area (Å²) in [5.41, 5.74) is 0. The molecule has 70 valence electrons. The first-order valence-corrected chi connectivity index (χ1v) is 4.32. The highest BCUT2D eigenvalue weighted by atomic mass is 35.5. The quantitative estimate of drug-likeness (QED) is 0.402. The molecule has 0 saturated heterocycles. The van der Waals surface area contributed by atoms with Crippen LogP contribution in [0.25, 0.3) is 0 Å². The topological polar surface area (TPSA) is 55.4 Å². The lowest BCUT2D eigenvalue weighted by atomic mass is 10.6. The van der Waals surface area contributed by atoms with Crippen molar-refractivity contribution >= 4 is 35.1 Å². The minimum Gasteiger partial charge on any atom is -0.463 e. The summed E-state index contributed by atoms with van der Waals surface area (Å²) >= 11 is 10.3. The molecular weight excluding hydrogens is 205 g/mol. The molecule has 0 radical (unpaired) electrons. The molecule has 0 aliphatic heterocycles. The Bertz CT molecular complexity index is 145. The van der Waals surface area contributed by atoms with Gasteiger partial charge in [-0.25, -0.2) is 0 Å². The zero-order valence-electron chi connectivity index (χ0n) is 6.31. The summed E-state index contributed by atoms with van der Waals surface area (Å²) in [5, 5.41) is 2.42. The van der Waals surface area contributed by atoms with Crippen LogP contribution in [0.3, 0.4) is 0 Å². The van der Waals surface area contributed by atoms with Gasteiger partial charge in [-0.05, 0) is 0 Å². The van der Waals surface area contributed by atoms with Crippen LogP contribution in [0.5, 0.6) is 0 Å². The lowest BCUT2D eigenvalue weighted by Crippen LogP contribution is -2.28. The van der Waals surface area contributed by atoms with Crippen LogP contribution in [0, 0.1) is 0 Å². The molecule has 0 rings (SSSR count). The lowest BCUT2D eigenvalue weighted by Gasteiger charge is -2.03. The van der Waals surface area contributed by atoms with E-state index in [9.17, 15) is 9.59 Å². The number of halogens is 2. The van der Waals surface area contributed by atoms with E-state index in [-0.39, 0.29) is 30.8 Å². The number of amides is 1. The van der Waals surface area contributed by atoms with Gasteiger partial charge in [0, 0.05) is 0 Å². The fourth-order valence-corrected chi connectivity index (χ4v) is 0.613. The van der Waals surface area contributed by atoms with Gasteiger partial charge in [-0.1, -0.05) is 0 Å². The highest BCUT2D eigenvalue weighted by Gasteiger charge is 2.00. The summed E-state index contributed by atoms with van der Waals surface area (Å²) in [6.45, 7) is 0.377. The molecule has 1 N–H and O–H groups in total. The molecule has 6 heteroatoms. The predicted octanol–water partition coefficient (Wildman–Crippen LogP) is 0.123. The van der Waals surface area contributed by atoms with E-state index < -0.39 is 5.97 Å². The smallest absolute Gasteiger partial charge is 0.320 e. The van der Waals surface area contributed by atoms with Crippen LogP contribution in [0.2, 0.25) is 0 Å². The van der Waals surface area contributed by atoms with Crippen molar-refractivity contribution in [2.45, 2.75) is 0 Å². The summed E-state index contributed by atoms with van der Waals surface area (Å²) in [4.78, 5) is 20.9. The fourth-order valence-electron chi connectivity index (χ4n) is 0.441. The molecule has 12 heavy (non-hydrogen) atoms. The van der Waals surface area contributed by atoms with Crippen molar-refractivity contribution in [2.24, 2.45) is 0 Å². The second kappa shape index (κ2) is 7.18. The highest BCUT2D eigenvalue weighted by molar-refractivity contribution is 6.27. The van der Waals surface area contributed by atoms with Crippen molar-refractivity contribution in [3.63, 3.8) is 0 Å². The van der Waals surface area contributed by atoms with Gasteiger partial charge >= 0.3 is 5.97 Å². The second-order valence-electron chi connectivity index (χ2n) is 1.84. The number of rotatable bonds is 5. The Morgan fingerprint density at radius 3 is 2.42 bits per heavy atom. The minimum absolute atomic E-state index is 0.0938. The van der Waals surface area contributed by atoms with Crippen LogP contribution in [0.1, 0.15) is 0 Å². The van der Waals surface area contributed by atoms with Gasteiger partial charge in [-0.15, -0.1) is 23.2 Å². The maximum absolute atomic E-state index is 10.5. The van der Waals surface area contributed by atoms with Crippen molar-refractivity contribution < 1.29 is 14.3 Å². The van der Waals surface area contributed by atoms with E-state index in [1.165, 1.54) is 0 Å². The fraction of sp³-hybridized carbons (Fsp3) is 0.667. The monoisotopic (exact) mass is 213 g/mol. The Balaban J connectivity index is 3.21. The van der Waals surface area contributed by atoms with Crippen molar-refractivity contribution in [1.29, 1.82) is 0 Å². The van der Waals surface area contributed by atoms with Crippen molar-refractivity contribution in [3.05, 3.63) is 0 Å². The number of carbonyl (C=O) groups is 2. The van der Waals surface area contributed by atoms with E-state index in [0.29, 0.717) is 0 Å². The number of ether oxygens (including phenoxy) is 1. The summed E-state index contributed by atoms with van der Waals surface area (Å²) in [7, 11) is 0. The Morgan fingerprint density at radius 1 is 1.25 bits per heavy atom. The zero-order valence-corrected chi connectivity index (χ0v) is 7.82. The van der Waals surface area contributed by atoms with Crippen LogP contribution >= 0.6 is 23.2 Å². The largest absolute Gasteiger partial charge is 0.463 e. The molecule has 1 amide bonds. The molecule has 0 aliphatic carbocycles. The summed E-state index contributed by atoms with van der Waals surface area (Å²) in [5.74, 6) is -1.07. The van der Waals surface area contributed by atoms with Crippen LogP contribution in [-0.4, -0.2) is 36.8 Å². The first kappa shape index (κ1) is 11.5. The standard InChI is InChI=1S/C6H9Cl2NO3/c7-3-5(10)9-1-2-12-6(11)4-8/h1-4H2,(H,9,10). The molecular formula is C6H9Cl2NO3. The van der Waals surface area contributed by atoms with Gasteiger partial charge in [-0.3, -0.25) is 9.59 Å². The highest BCUT2D eigenvalue weighted by Crippen LogP contribution is 1.81. The number of esters is 1. The van der Waals surface area contributed by atoms with Gasteiger partial charge in [0.05, 0.1) is 6.54 Å². The van der Waals surface area contributed by atoms with Gasteiger partial charge in [0.2, 0.25) is 5.91 Å². The van der Waals surface area contributed by atoms with Crippen LogP contribution in [0.15, 0.2) is 0 Å². The summed E-state index contributed by atoms with van der Waals surface area (Å²) < 4.78 is 4.56. The third-order valence-corrected chi connectivity index (χ3v) is 1.38. The first-order valence-electron chi connectivity index (χ1n) is 3.25. The first-order chi connectivity index (χ1) is 5.70. The van der Waals surface area contributed by atoms with Gasteiger partial charge < -0.3 is 10.1 Å². The maximum atomic E-state index is 10.5. The molecule has 0 heterocycles. The second-order valence-corrected chi connectivity index (χ2v) is 2.37. The van der Waals surface area contributed by atoms with Gasteiger partial charge in [0.25, 0.3) is 0 Å². The predicted molar refractivity (Wildman–Crippen MR) is 45.4 cm³/mol. The number of nitrogens with one attached hydrogen (secondary N) is 1. The maximum Gasteiger partial charge on any atom is 0.320 e. The van der Waals surface area contributed by atoms with Crippen molar-refractivity contribution in [2.75, 3.05) is 24.9 Å². The molecule has 0 aliphatic rings. The zero-order chi connectivity index (χ0) is 9.40. The Morgan fingerprint density at radius 2 is 1.92 bits per heavy atom. The van der Waals surface area contributed by atoms with E-state index in [1.807, 2.05) is 0 Å². The molecule has 0 aromatic rings. The molecule has 4 nitrogen and oxygen atoms in total. The Labute approximate surface area is 80.2 Å². The number of hydrogen-bond donors (Lipinski definition) is 1. The average Bonchev–Trinajstić information content (AvgIpc) is 2.11. The van der Waals surface area contributed by atoms with Crippen LogP contribution in [0.4, 0.5) is 0 Å². The molecule has 0 atom stereocenters. The van der Waals surface area contributed by atoms with E-state index in [4.69, 9.17) is 23.2 Å². The van der Waals surface area contributed by atoms with Gasteiger partial charge in [-0.2, -0.15) is 0 Å². The molecule has 0 aromatic carbocycles. The Kier molecular flexibility index (Phi) is 6.90. The summed E-state index contributed by atoms with van der Waals surface area (Å²) in [6.07, 6.45) is 0. The van der Waals surface area contributed by atoms with Crippen molar-refractivity contribution in [1.82, 2.24) is 5.32 Å². The average molecular weight is 214 g/mol. The molecule has 0 spiro atoms. The molecule has 0 fully saturated rings. The minimum atomic E-state index is -0.503. The third-order valence-electron chi connectivity index (χ3n) is 0.918. The molecule has 0 unspecified atom stereocenters. The van der Waals surface area contributed by atoms with E-state index in [0.717, 1.165) is 0 Å². The van der Waals surface area contributed by atoms with E-state index >= 15 is 0 Å². The lowest BCUT2D eigenvalue weighted by molar-refractivity contribution is -0.140. The summed E-state index contributed by atoms with van der Waals surface area (Å²) in [6, 6.07) is 0. The van der Waals surface area contributed by atoms with E-state index in [2.05, 4.69) is 10.1 Å². The number of hydrogen-bond acceptors (Lipinski definition) is 3. The SMILES string of the molecule is O=C(CCl)NCCOC(=O)CCl. The Hall–Kier alpha value is -0.480. The van der Waals surface area contributed by atoms with Crippen molar-refractivity contribution in [3.8, 4) is 0 Å². The normalized spacial score (nSPS) is 9.17. The van der Waals surface area contributed by atoms with Gasteiger partial charge in [0.15, 0.2) is 0 Å². The van der Waals surface area contributed by atoms with Crippen LogP contribution in [-0.2, 0) is 14.3 Å². The number of alkyl halides is 2. The third kappa shape index (κ3) is 6.24. The van der Waals surface area contributed by atoms with E-state index in [1.54, 1.807) is 0 Å². The van der Waals surface area contributed by atoms with Gasteiger partial charge in [0.1, 0.15) is 18.4 Å². The molecule has 0 saturated carbocycles. The van der Waals surface area contributed by atoms with Crippen LogP contribution < -0.4 is 5.32 Å². The number of carbonyl (C=O) groups excluding carboxylic acids is 2.